The van der Waals surface area contributed by atoms with Crippen LogP contribution in [0.4, 0.5) is 23.7 Å². The van der Waals surface area contributed by atoms with Crippen molar-refractivity contribution in [2.24, 2.45) is 4.99 Å². The van der Waals surface area contributed by atoms with Gasteiger partial charge in [0.25, 0.3) is 0 Å². The topological polar surface area (TPSA) is 88.1 Å². The summed E-state index contributed by atoms with van der Waals surface area (Å²) < 4.78 is 47.3. The first-order valence-electron chi connectivity index (χ1n) is 11.4. The zero-order valence-electron chi connectivity index (χ0n) is 20.3. The van der Waals surface area contributed by atoms with Crippen molar-refractivity contribution in [1.82, 2.24) is 15.2 Å². The van der Waals surface area contributed by atoms with Gasteiger partial charge in [0.15, 0.2) is 0 Å². The highest BCUT2D eigenvalue weighted by atomic mass is 35.5. The largest absolute Gasteiger partial charge is 0.573 e. The van der Waals surface area contributed by atoms with E-state index in [-0.39, 0.29) is 28.6 Å². The highest BCUT2D eigenvalue weighted by Crippen LogP contribution is 2.32. The molecule has 8 nitrogen and oxygen atoms in total. The van der Waals surface area contributed by atoms with Crippen LogP contribution in [0.5, 0.6) is 11.5 Å². The number of piperidine rings is 1. The van der Waals surface area contributed by atoms with Gasteiger partial charge in [0, 0.05) is 25.3 Å². The van der Waals surface area contributed by atoms with Crippen molar-refractivity contribution >= 4 is 30.0 Å². The number of halogens is 4. The molecule has 0 aliphatic carbocycles. The fourth-order valence-corrected chi connectivity index (χ4v) is 4.05. The molecular weight excluding hydrogens is 511 g/mol. The molecule has 2 aromatic rings. The quantitative estimate of drug-likeness (QED) is 0.246. The van der Waals surface area contributed by atoms with Crippen molar-refractivity contribution in [1.29, 1.82) is 0 Å². The standard InChI is InChI=1S/C25H27ClF3N5O3/c1-4-20(36-21-8-7-19(14-16(21)2)37-25(27,28)29)22(26)23(30-3)34-12-9-17(10-13-34)32-24(35)33-18-6-5-11-31-15-18/h4-8,11,14-15,17H,3,9-10,12-13H2,1-2H3,(H2,32,33,35)/b20-4+,23-22-. The van der Waals surface area contributed by atoms with Gasteiger partial charge in [0.2, 0.25) is 0 Å². The van der Waals surface area contributed by atoms with E-state index in [1.165, 1.54) is 12.1 Å². The number of pyridine rings is 1. The molecule has 1 aromatic heterocycles. The van der Waals surface area contributed by atoms with Gasteiger partial charge in [0.1, 0.15) is 28.1 Å². The van der Waals surface area contributed by atoms with E-state index in [1.54, 1.807) is 44.4 Å². The Labute approximate surface area is 217 Å². The number of ether oxygens (including phenoxy) is 2. The number of likely N-dealkylation sites (tertiary alicyclic amines) is 1. The number of amides is 2. The summed E-state index contributed by atoms with van der Waals surface area (Å²) in [6.07, 6.45) is 1.32. The number of carbonyl (C=O) groups excluding carboxylic acids is 1. The predicted octanol–water partition coefficient (Wildman–Crippen LogP) is 5.97. The number of allylic oxidation sites excluding steroid dienone is 2. The summed E-state index contributed by atoms with van der Waals surface area (Å²) in [5.74, 6) is 0.641. The maximum absolute atomic E-state index is 12.5. The van der Waals surface area contributed by atoms with Crippen LogP contribution in [0.15, 0.2) is 70.4 Å². The smallest absolute Gasteiger partial charge is 0.456 e. The van der Waals surface area contributed by atoms with E-state index in [0.717, 1.165) is 6.07 Å². The molecule has 198 valence electrons. The van der Waals surface area contributed by atoms with E-state index in [1.807, 2.05) is 4.90 Å². The van der Waals surface area contributed by atoms with E-state index in [4.69, 9.17) is 16.3 Å². The fraction of sp³-hybridized carbons (Fsp3) is 0.320. The highest BCUT2D eigenvalue weighted by Gasteiger charge is 2.31. The lowest BCUT2D eigenvalue weighted by Crippen LogP contribution is -2.45. The molecule has 2 amide bonds. The molecule has 1 aromatic carbocycles. The fourth-order valence-electron chi connectivity index (χ4n) is 3.73. The molecule has 12 heteroatoms. The number of anilines is 1. The van der Waals surface area contributed by atoms with Crippen LogP contribution in [0, 0.1) is 6.92 Å². The Morgan fingerprint density at radius 2 is 2.03 bits per heavy atom. The number of benzene rings is 1. The lowest BCUT2D eigenvalue weighted by Gasteiger charge is -2.34. The monoisotopic (exact) mass is 537 g/mol. The summed E-state index contributed by atoms with van der Waals surface area (Å²) in [4.78, 5) is 22.3. The molecule has 0 saturated carbocycles. The lowest BCUT2D eigenvalue weighted by atomic mass is 10.1. The molecule has 0 spiro atoms. The summed E-state index contributed by atoms with van der Waals surface area (Å²) in [5, 5.41) is 5.90. The van der Waals surface area contributed by atoms with Gasteiger partial charge >= 0.3 is 12.4 Å². The SMILES string of the molecule is C=N/C(=C(Cl)\C(=C/C)Oc1ccc(OC(F)(F)F)cc1C)N1CCC(NC(=O)Nc2cccnc2)CC1. The third-order valence-electron chi connectivity index (χ3n) is 5.47. The van der Waals surface area contributed by atoms with E-state index in [9.17, 15) is 18.0 Å². The van der Waals surface area contributed by atoms with Crippen molar-refractivity contribution in [3.8, 4) is 11.5 Å². The van der Waals surface area contributed by atoms with Gasteiger partial charge in [-0.1, -0.05) is 11.6 Å². The number of rotatable bonds is 8. The first-order chi connectivity index (χ1) is 17.6. The Hall–Kier alpha value is -3.73. The first kappa shape index (κ1) is 27.9. The third-order valence-corrected chi connectivity index (χ3v) is 5.83. The summed E-state index contributed by atoms with van der Waals surface area (Å²) in [6.45, 7) is 8.06. The minimum atomic E-state index is -4.79. The van der Waals surface area contributed by atoms with Crippen LogP contribution in [-0.2, 0) is 0 Å². The Kier molecular flexibility index (Phi) is 9.40. The maximum Gasteiger partial charge on any atom is 0.573 e. The Morgan fingerprint density at radius 3 is 2.59 bits per heavy atom. The average Bonchev–Trinajstić information content (AvgIpc) is 2.84. The van der Waals surface area contributed by atoms with Gasteiger partial charge in [-0.25, -0.2) is 9.79 Å². The zero-order chi connectivity index (χ0) is 27.0. The van der Waals surface area contributed by atoms with E-state index in [0.29, 0.717) is 48.8 Å². The lowest BCUT2D eigenvalue weighted by molar-refractivity contribution is -0.274. The van der Waals surface area contributed by atoms with Crippen LogP contribution in [0.3, 0.4) is 0 Å². The van der Waals surface area contributed by atoms with Gasteiger partial charge < -0.3 is 25.0 Å². The van der Waals surface area contributed by atoms with Crippen LogP contribution in [-0.4, -0.2) is 48.1 Å². The minimum Gasteiger partial charge on any atom is -0.456 e. The number of nitrogens with one attached hydrogen (secondary N) is 2. The predicted molar refractivity (Wildman–Crippen MR) is 136 cm³/mol. The number of alkyl halides is 3. The third kappa shape index (κ3) is 8.14. The van der Waals surface area contributed by atoms with Gasteiger partial charge in [0.05, 0.1) is 11.9 Å². The summed E-state index contributed by atoms with van der Waals surface area (Å²) in [7, 11) is 0. The maximum atomic E-state index is 12.5. The van der Waals surface area contributed by atoms with Crippen LogP contribution < -0.4 is 20.1 Å². The van der Waals surface area contributed by atoms with Crippen molar-refractivity contribution in [2.45, 2.75) is 39.1 Å². The average molecular weight is 538 g/mol. The molecule has 1 aliphatic heterocycles. The van der Waals surface area contributed by atoms with Crippen LogP contribution >= 0.6 is 11.6 Å². The zero-order valence-corrected chi connectivity index (χ0v) is 21.1. The van der Waals surface area contributed by atoms with Gasteiger partial charge in [-0.2, -0.15) is 0 Å². The minimum absolute atomic E-state index is 0.0460. The van der Waals surface area contributed by atoms with E-state index >= 15 is 0 Å². The normalized spacial score (nSPS) is 15.5. The highest BCUT2D eigenvalue weighted by molar-refractivity contribution is 6.32. The van der Waals surface area contributed by atoms with Crippen molar-refractivity contribution in [3.63, 3.8) is 0 Å². The molecule has 0 unspecified atom stereocenters. The molecule has 1 saturated heterocycles. The van der Waals surface area contributed by atoms with Gasteiger partial charge in [-0.05, 0) is 75.4 Å². The molecule has 0 radical (unpaired) electrons. The second kappa shape index (κ2) is 12.5. The number of aliphatic imine (C=N–C) groups is 1. The second-order valence-electron chi connectivity index (χ2n) is 8.13. The van der Waals surface area contributed by atoms with Gasteiger partial charge in [-0.15, -0.1) is 13.2 Å². The number of carbonyl (C=O) groups is 1. The Bertz CT molecular complexity index is 1160. The number of aryl methyl sites for hydroxylation is 1. The molecule has 0 bridgehead atoms. The number of hydrogen-bond acceptors (Lipinski definition) is 6. The molecule has 0 atom stereocenters. The number of nitrogens with zero attached hydrogens (tertiary/aromatic N) is 3. The van der Waals surface area contributed by atoms with E-state index in [2.05, 4.69) is 32.1 Å². The molecule has 2 heterocycles. The second-order valence-corrected chi connectivity index (χ2v) is 8.51. The van der Waals surface area contributed by atoms with Crippen LogP contribution in [0.25, 0.3) is 0 Å². The van der Waals surface area contributed by atoms with Crippen LogP contribution in [0.2, 0.25) is 0 Å². The van der Waals surface area contributed by atoms with Crippen molar-refractivity contribution in [2.75, 3.05) is 18.4 Å². The molecule has 3 rings (SSSR count). The summed E-state index contributed by atoms with van der Waals surface area (Å²) in [6, 6.07) is 6.88. The molecule has 37 heavy (non-hydrogen) atoms. The molecule has 2 N–H and O–H groups in total. The van der Waals surface area contributed by atoms with Crippen molar-refractivity contribution < 1.29 is 27.4 Å². The molecule has 1 fully saturated rings. The van der Waals surface area contributed by atoms with Crippen molar-refractivity contribution in [3.05, 3.63) is 71.0 Å². The van der Waals surface area contributed by atoms with Gasteiger partial charge in [-0.3, -0.25) is 4.98 Å². The van der Waals surface area contributed by atoms with E-state index < -0.39 is 6.36 Å². The Balaban J connectivity index is 1.62. The number of aromatic nitrogens is 1. The van der Waals surface area contributed by atoms with Crippen LogP contribution in [0.1, 0.15) is 25.3 Å². The summed E-state index contributed by atoms with van der Waals surface area (Å²) >= 11 is 6.63. The Morgan fingerprint density at radius 1 is 1.30 bits per heavy atom. The summed E-state index contributed by atoms with van der Waals surface area (Å²) in [5.41, 5.74) is 1.03. The number of hydrogen-bond donors (Lipinski definition) is 2. The first-order valence-corrected chi connectivity index (χ1v) is 11.8. The molecule has 1 aliphatic rings. The number of urea groups is 1. The molecular formula is C25H27ClF3N5O3.